The maximum atomic E-state index is 11.7. The Kier molecular flexibility index (Phi) is 5.32. The van der Waals surface area contributed by atoms with E-state index < -0.39 is 0 Å². The predicted molar refractivity (Wildman–Crippen MR) is 78.4 cm³/mol. The van der Waals surface area contributed by atoms with E-state index in [1.54, 1.807) is 24.7 Å². The largest absolute Gasteiger partial charge is 0.383 e. The fourth-order valence-corrected chi connectivity index (χ4v) is 1.80. The molecule has 5 nitrogen and oxygen atoms in total. The van der Waals surface area contributed by atoms with Gasteiger partial charge in [0.15, 0.2) is 0 Å². The van der Waals surface area contributed by atoms with Crippen molar-refractivity contribution in [2.45, 2.75) is 13.0 Å². The van der Waals surface area contributed by atoms with E-state index in [2.05, 4.69) is 20.6 Å². The lowest BCUT2D eigenvalue weighted by molar-refractivity contribution is -0.121. The van der Waals surface area contributed by atoms with E-state index in [-0.39, 0.29) is 5.91 Å². The lowest BCUT2D eigenvalue weighted by atomic mass is 10.3. The Bertz CT molecular complexity index is 562. The van der Waals surface area contributed by atoms with Gasteiger partial charge < -0.3 is 10.6 Å². The van der Waals surface area contributed by atoms with Crippen molar-refractivity contribution in [1.29, 1.82) is 0 Å². The zero-order valence-corrected chi connectivity index (χ0v) is 11.6. The van der Waals surface area contributed by atoms with Crippen molar-refractivity contribution < 1.29 is 4.79 Å². The Balaban J connectivity index is 1.69. The number of halogens is 1. The first kappa shape index (κ1) is 14.3. The molecule has 2 heterocycles. The molecule has 0 radical (unpaired) electrons. The van der Waals surface area contributed by atoms with Crippen molar-refractivity contribution >= 4 is 23.2 Å². The molecular weight excluding hydrogens is 276 g/mol. The van der Waals surface area contributed by atoms with Crippen LogP contribution in [0.2, 0.25) is 5.02 Å². The van der Waals surface area contributed by atoms with Crippen LogP contribution in [0.25, 0.3) is 0 Å². The van der Waals surface area contributed by atoms with Gasteiger partial charge in [0.1, 0.15) is 0 Å². The summed E-state index contributed by atoms with van der Waals surface area (Å²) >= 11 is 5.95. The molecule has 2 aromatic rings. The van der Waals surface area contributed by atoms with Gasteiger partial charge in [0.05, 0.1) is 22.9 Å². The monoisotopic (exact) mass is 290 g/mol. The molecule has 0 atom stereocenters. The van der Waals surface area contributed by atoms with Gasteiger partial charge in [-0.05, 0) is 18.2 Å². The third-order valence-electron chi connectivity index (χ3n) is 2.63. The van der Waals surface area contributed by atoms with Crippen LogP contribution in [0, 0.1) is 0 Å². The van der Waals surface area contributed by atoms with Crippen molar-refractivity contribution in [1.82, 2.24) is 15.3 Å². The molecule has 0 aliphatic carbocycles. The highest BCUT2D eigenvalue weighted by Gasteiger charge is 2.03. The predicted octanol–water partition coefficient (Wildman–Crippen LogP) is 2.25. The number of amides is 1. The molecule has 2 N–H and O–H groups in total. The number of aromatic nitrogens is 2. The summed E-state index contributed by atoms with van der Waals surface area (Å²) in [6.07, 6.45) is 5.28. The summed E-state index contributed by atoms with van der Waals surface area (Å²) in [5, 5.41) is 6.45. The Morgan fingerprint density at radius 1 is 1.25 bits per heavy atom. The molecule has 2 rings (SSSR count). The van der Waals surface area contributed by atoms with Crippen molar-refractivity contribution in [2.24, 2.45) is 0 Å². The minimum atomic E-state index is -0.0340. The van der Waals surface area contributed by atoms with Crippen LogP contribution in [0.15, 0.2) is 42.9 Å². The summed E-state index contributed by atoms with van der Waals surface area (Å²) in [6.45, 7) is 0.952. The minimum Gasteiger partial charge on any atom is -0.383 e. The zero-order chi connectivity index (χ0) is 14.2. The third-order valence-corrected chi connectivity index (χ3v) is 2.93. The lowest BCUT2D eigenvalue weighted by Gasteiger charge is -2.08. The van der Waals surface area contributed by atoms with Gasteiger partial charge in [-0.2, -0.15) is 0 Å². The van der Waals surface area contributed by atoms with Gasteiger partial charge in [-0.25, -0.2) is 0 Å². The molecule has 6 heteroatoms. The molecule has 0 aromatic carbocycles. The molecule has 0 saturated carbocycles. The molecule has 20 heavy (non-hydrogen) atoms. The SMILES string of the molecule is O=C(CCNc1ccncc1Cl)NCc1ccccn1. The van der Waals surface area contributed by atoms with Crippen molar-refractivity contribution in [2.75, 3.05) is 11.9 Å². The number of nitrogens with zero attached hydrogens (tertiary/aromatic N) is 2. The molecular formula is C14H15ClN4O. The van der Waals surface area contributed by atoms with E-state index in [0.29, 0.717) is 24.5 Å². The normalized spacial score (nSPS) is 10.1. The summed E-state index contributed by atoms with van der Waals surface area (Å²) in [6, 6.07) is 7.37. The van der Waals surface area contributed by atoms with Crippen LogP contribution in [0.5, 0.6) is 0 Å². The number of pyridine rings is 2. The Hall–Kier alpha value is -2.14. The van der Waals surface area contributed by atoms with Crippen LogP contribution in [0.4, 0.5) is 5.69 Å². The first-order valence-corrected chi connectivity index (χ1v) is 6.63. The van der Waals surface area contributed by atoms with E-state index in [9.17, 15) is 4.79 Å². The summed E-state index contributed by atoms with van der Waals surface area (Å²) in [4.78, 5) is 19.7. The van der Waals surface area contributed by atoms with E-state index in [0.717, 1.165) is 11.4 Å². The molecule has 0 aliphatic rings. The molecule has 0 saturated heterocycles. The highest BCUT2D eigenvalue weighted by molar-refractivity contribution is 6.33. The molecule has 104 valence electrons. The van der Waals surface area contributed by atoms with Crippen molar-refractivity contribution in [3.05, 3.63) is 53.6 Å². The Morgan fingerprint density at radius 2 is 2.15 bits per heavy atom. The van der Waals surface area contributed by atoms with E-state index in [1.165, 1.54) is 0 Å². The van der Waals surface area contributed by atoms with Gasteiger partial charge in [-0.3, -0.25) is 14.8 Å². The second-order valence-electron chi connectivity index (χ2n) is 4.13. The number of nitrogens with one attached hydrogen (secondary N) is 2. The number of carbonyl (C=O) groups is 1. The highest BCUT2D eigenvalue weighted by atomic mass is 35.5. The average Bonchev–Trinajstić information content (AvgIpc) is 2.48. The molecule has 0 spiro atoms. The molecule has 2 aromatic heterocycles. The van der Waals surface area contributed by atoms with Gasteiger partial charge in [-0.15, -0.1) is 0 Å². The van der Waals surface area contributed by atoms with E-state index in [4.69, 9.17) is 11.6 Å². The Labute approximate surface area is 122 Å². The highest BCUT2D eigenvalue weighted by Crippen LogP contribution is 2.18. The van der Waals surface area contributed by atoms with Crippen LogP contribution >= 0.6 is 11.6 Å². The molecule has 0 fully saturated rings. The van der Waals surface area contributed by atoms with E-state index >= 15 is 0 Å². The van der Waals surface area contributed by atoms with Crippen molar-refractivity contribution in [3.63, 3.8) is 0 Å². The van der Waals surface area contributed by atoms with Gasteiger partial charge in [0, 0.05) is 31.6 Å². The van der Waals surface area contributed by atoms with Gasteiger partial charge in [-0.1, -0.05) is 17.7 Å². The number of anilines is 1. The lowest BCUT2D eigenvalue weighted by Crippen LogP contribution is -2.25. The smallest absolute Gasteiger partial charge is 0.222 e. The maximum Gasteiger partial charge on any atom is 0.222 e. The molecule has 0 bridgehead atoms. The minimum absolute atomic E-state index is 0.0340. The zero-order valence-electron chi connectivity index (χ0n) is 10.8. The number of rotatable bonds is 6. The second kappa shape index (κ2) is 7.45. The second-order valence-corrected chi connectivity index (χ2v) is 4.54. The molecule has 0 unspecified atom stereocenters. The summed E-state index contributed by atoms with van der Waals surface area (Å²) in [7, 11) is 0. The van der Waals surface area contributed by atoms with Crippen LogP contribution in [0.1, 0.15) is 12.1 Å². The first-order chi connectivity index (χ1) is 9.75. The fourth-order valence-electron chi connectivity index (χ4n) is 1.61. The summed E-state index contributed by atoms with van der Waals surface area (Å²) in [5.74, 6) is -0.0340. The first-order valence-electron chi connectivity index (χ1n) is 6.25. The number of hydrogen-bond acceptors (Lipinski definition) is 4. The number of hydrogen-bond donors (Lipinski definition) is 2. The standard InChI is InChI=1S/C14H15ClN4O/c15-12-10-16-7-4-13(12)18-8-5-14(20)19-9-11-3-1-2-6-17-11/h1-4,6-7,10H,5,8-9H2,(H,16,18)(H,19,20). The van der Waals surface area contributed by atoms with Gasteiger partial charge in [0.25, 0.3) is 0 Å². The quantitative estimate of drug-likeness (QED) is 0.856. The third kappa shape index (κ3) is 4.51. The van der Waals surface area contributed by atoms with Gasteiger partial charge in [0.2, 0.25) is 5.91 Å². The topological polar surface area (TPSA) is 66.9 Å². The average molecular weight is 291 g/mol. The maximum absolute atomic E-state index is 11.7. The van der Waals surface area contributed by atoms with Crippen molar-refractivity contribution in [3.8, 4) is 0 Å². The summed E-state index contributed by atoms with van der Waals surface area (Å²) < 4.78 is 0. The molecule has 0 aliphatic heterocycles. The van der Waals surface area contributed by atoms with Crippen LogP contribution in [-0.2, 0) is 11.3 Å². The van der Waals surface area contributed by atoms with Gasteiger partial charge >= 0.3 is 0 Å². The van der Waals surface area contributed by atoms with Crippen LogP contribution < -0.4 is 10.6 Å². The fraction of sp³-hybridized carbons (Fsp3) is 0.214. The summed E-state index contributed by atoms with van der Waals surface area (Å²) in [5.41, 5.74) is 1.62. The number of carbonyl (C=O) groups excluding carboxylic acids is 1. The van der Waals surface area contributed by atoms with E-state index in [1.807, 2.05) is 18.2 Å². The molecule has 1 amide bonds. The van der Waals surface area contributed by atoms with Crippen LogP contribution in [-0.4, -0.2) is 22.4 Å². The Morgan fingerprint density at radius 3 is 2.90 bits per heavy atom. The van der Waals surface area contributed by atoms with Crippen LogP contribution in [0.3, 0.4) is 0 Å².